The summed E-state index contributed by atoms with van der Waals surface area (Å²) >= 11 is 0. The predicted octanol–water partition coefficient (Wildman–Crippen LogP) is 0.653. The Balaban J connectivity index is 2.70. The Labute approximate surface area is 125 Å². The minimum Gasteiger partial charge on any atom is -0.480 e. The maximum absolute atomic E-state index is 12.2. The molecule has 0 bridgehead atoms. The topological polar surface area (TPSA) is 98.7 Å². The van der Waals surface area contributed by atoms with Crippen LogP contribution >= 0.6 is 0 Å². The molecule has 1 aliphatic rings. The van der Waals surface area contributed by atoms with Crippen molar-refractivity contribution in [1.29, 1.82) is 0 Å². The SMILES string of the molecule is CNC(=O)C1CCCN(C(=O)NC(C(=O)O)C(C)(C)C)C1. The van der Waals surface area contributed by atoms with Gasteiger partial charge in [0.05, 0.1) is 5.92 Å². The number of piperidine rings is 1. The van der Waals surface area contributed by atoms with Crippen molar-refractivity contribution in [2.75, 3.05) is 20.1 Å². The molecule has 2 unspecified atom stereocenters. The molecule has 0 spiro atoms. The third-order valence-corrected chi connectivity index (χ3v) is 3.71. The summed E-state index contributed by atoms with van der Waals surface area (Å²) in [5.74, 6) is -1.37. The quantitative estimate of drug-likeness (QED) is 0.712. The highest BCUT2D eigenvalue weighted by molar-refractivity contribution is 5.84. The van der Waals surface area contributed by atoms with Gasteiger partial charge >= 0.3 is 12.0 Å². The molecule has 120 valence electrons. The number of carboxylic acids is 1. The van der Waals surface area contributed by atoms with Gasteiger partial charge in [0.2, 0.25) is 5.91 Å². The Morgan fingerprint density at radius 1 is 1.29 bits per heavy atom. The van der Waals surface area contributed by atoms with Gasteiger partial charge in [-0.05, 0) is 18.3 Å². The summed E-state index contributed by atoms with van der Waals surface area (Å²) in [6.45, 7) is 6.14. The van der Waals surface area contributed by atoms with Gasteiger partial charge in [-0.15, -0.1) is 0 Å². The second-order valence-corrected chi connectivity index (χ2v) is 6.49. The largest absolute Gasteiger partial charge is 0.480 e. The zero-order valence-electron chi connectivity index (χ0n) is 13.1. The summed E-state index contributed by atoms with van der Waals surface area (Å²) in [7, 11) is 1.57. The van der Waals surface area contributed by atoms with E-state index < -0.39 is 23.5 Å². The van der Waals surface area contributed by atoms with Crippen LogP contribution in [0.1, 0.15) is 33.6 Å². The highest BCUT2D eigenvalue weighted by atomic mass is 16.4. The zero-order chi connectivity index (χ0) is 16.2. The van der Waals surface area contributed by atoms with Crippen LogP contribution in [0.2, 0.25) is 0 Å². The number of nitrogens with one attached hydrogen (secondary N) is 2. The maximum atomic E-state index is 12.2. The molecule has 0 aromatic heterocycles. The van der Waals surface area contributed by atoms with Crippen molar-refractivity contribution in [3.05, 3.63) is 0 Å². The smallest absolute Gasteiger partial charge is 0.326 e. The minimum absolute atomic E-state index is 0.0851. The third-order valence-electron chi connectivity index (χ3n) is 3.71. The van der Waals surface area contributed by atoms with Gasteiger partial charge in [-0.25, -0.2) is 9.59 Å². The normalized spacial score (nSPS) is 20.6. The fourth-order valence-electron chi connectivity index (χ4n) is 2.44. The number of likely N-dealkylation sites (tertiary alicyclic amines) is 1. The van der Waals surface area contributed by atoms with Crippen LogP contribution in [0.25, 0.3) is 0 Å². The van der Waals surface area contributed by atoms with E-state index in [1.54, 1.807) is 27.8 Å². The van der Waals surface area contributed by atoms with Crippen LogP contribution in [0.15, 0.2) is 0 Å². The summed E-state index contributed by atoms with van der Waals surface area (Å²) in [6.07, 6.45) is 1.48. The van der Waals surface area contributed by atoms with Crippen LogP contribution in [0.3, 0.4) is 0 Å². The molecule has 0 aliphatic carbocycles. The molecule has 0 aromatic rings. The van der Waals surface area contributed by atoms with Crippen LogP contribution in [0.4, 0.5) is 4.79 Å². The predicted molar refractivity (Wildman–Crippen MR) is 77.8 cm³/mol. The van der Waals surface area contributed by atoms with Crippen LogP contribution in [0.5, 0.6) is 0 Å². The first-order valence-corrected chi connectivity index (χ1v) is 7.16. The lowest BCUT2D eigenvalue weighted by Crippen LogP contribution is -2.55. The molecule has 0 saturated carbocycles. The lowest BCUT2D eigenvalue weighted by Gasteiger charge is -2.35. The fraction of sp³-hybridized carbons (Fsp3) is 0.786. The minimum atomic E-state index is -1.06. The van der Waals surface area contributed by atoms with Crippen molar-refractivity contribution in [3.63, 3.8) is 0 Å². The van der Waals surface area contributed by atoms with Crippen LogP contribution in [0, 0.1) is 11.3 Å². The molecular weight excluding hydrogens is 274 g/mol. The molecule has 21 heavy (non-hydrogen) atoms. The first kappa shape index (κ1) is 17.3. The van der Waals surface area contributed by atoms with E-state index in [9.17, 15) is 19.5 Å². The number of amides is 3. The summed E-state index contributed by atoms with van der Waals surface area (Å²) in [6, 6.07) is -1.39. The Morgan fingerprint density at radius 2 is 1.90 bits per heavy atom. The molecule has 1 saturated heterocycles. The lowest BCUT2D eigenvalue weighted by molar-refractivity contribution is -0.142. The molecule has 1 fully saturated rings. The molecule has 7 nitrogen and oxygen atoms in total. The summed E-state index contributed by atoms with van der Waals surface area (Å²) < 4.78 is 0. The number of nitrogens with zero attached hydrogens (tertiary/aromatic N) is 1. The second-order valence-electron chi connectivity index (χ2n) is 6.49. The molecule has 1 heterocycles. The number of urea groups is 1. The molecule has 0 radical (unpaired) electrons. The van der Waals surface area contributed by atoms with Crippen molar-refractivity contribution >= 4 is 17.9 Å². The number of rotatable bonds is 3. The van der Waals surface area contributed by atoms with Crippen molar-refractivity contribution < 1.29 is 19.5 Å². The Kier molecular flexibility index (Phi) is 5.57. The standard InChI is InChI=1S/C14H25N3O4/c1-14(2,3)10(12(19)20)16-13(21)17-7-5-6-9(8-17)11(18)15-4/h9-10H,5-8H2,1-4H3,(H,15,18)(H,16,21)(H,19,20). The van der Waals surface area contributed by atoms with Gasteiger partial charge in [0.1, 0.15) is 6.04 Å². The molecule has 1 aliphatic heterocycles. The zero-order valence-corrected chi connectivity index (χ0v) is 13.1. The van der Waals surface area contributed by atoms with Crippen LogP contribution in [-0.4, -0.2) is 54.1 Å². The summed E-state index contributed by atoms with van der Waals surface area (Å²) in [4.78, 5) is 36.7. The summed E-state index contributed by atoms with van der Waals surface area (Å²) in [5, 5.41) is 14.4. The van der Waals surface area contributed by atoms with E-state index in [-0.39, 0.29) is 11.8 Å². The molecule has 0 aromatic carbocycles. The molecule has 7 heteroatoms. The highest BCUT2D eigenvalue weighted by Crippen LogP contribution is 2.21. The Bertz CT molecular complexity index is 417. The van der Waals surface area contributed by atoms with E-state index in [4.69, 9.17) is 0 Å². The summed E-state index contributed by atoms with van der Waals surface area (Å²) in [5.41, 5.74) is -0.586. The van der Waals surface area contributed by atoms with Crippen LogP contribution < -0.4 is 10.6 Å². The van der Waals surface area contributed by atoms with E-state index in [1.165, 1.54) is 4.90 Å². The number of aliphatic carboxylic acids is 1. The van der Waals surface area contributed by atoms with E-state index in [0.717, 1.165) is 12.8 Å². The Morgan fingerprint density at radius 3 is 2.38 bits per heavy atom. The van der Waals surface area contributed by atoms with Gasteiger partial charge in [0.15, 0.2) is 0 Å². The van der Waals surface area contributed by atoms with Gasteiger partial charge in [-0.1, -0.05) is 20.8 Å². The van der Waals surface area contributed by atoms with Crippen LogP contribution in [-0.2, 0) is 9.59 Å². The first-order valence-electron chi connectivity index (χ1n) is 7.16. The van der Waals surface area contributed by atoms with Crippen molar-refractivity contribution in [2.24, 2.45) is 11.3 Å². The van der Waals surface area contributed by atoms with E-state index in [0.29, 0.717) is 13.1 Å². The van der Waals surface area contributed by atoms with Gasteiger partial charge in [-0.3, -0.25) is 4.79 Å². The number of carboxylic acid groups (broad SMARTS) is 1. The van der Waals surface area contributed by atoms with Gasteiger partial charge in [0.25, 0.3) is 0 Å². The number of hydrogen-bond acceptors (Lipinski definition) is 3. The molecular formula is C14H25N3O4. The monoisotopic (exact) mass is 299 g/mol. The molecule has 2 atom stereocenters. The van der Waals surface area contributed by atoms with E-state index in [2.05, 4.69) is 10.6 Å². The number of hydrogen-bond donors (Lipinski definition) is 3. The molecule has 3 amide bonds. The van der Waals surface area contributed by atoms with Crippen molar-refractivity contribution in [2.45, 2.75) is 39.7 Å². The second kappa shape index (κ2) is 6.78. The fourth-order valence-corrected chi connectivity index (χ4v) is 2.44. The number of carbonyl (C=O) groups excluding carboxylic acids is 2. The third kappa shape index (κ3) is 4.61. The molecule has 3 N–H and O–H groups in total. The molecule has 1 rings (SSSR count). The first-order chi connectivity index (χ1) is 9.66. The van der Waals surface area contributed by atoms with Gasteiger partial charge in [-0.2, -0.15) is 0 Å². The van der Waals surface area contributed by atoms with E-state index >= 15 is 0 Å². The van der Waals surface area contributed by atoms with E-state index in [1.807, 2.05) is 0 Å². The van der Waals surface area contributed by atoms with Crippen molar-refractivity contribution in [1.82, 2.24) is 15.5 Å². The van der Waals surface area contributed by atoms with Gasteiger partial charge < -0.3 is 20.6 Å². The van der Waals surface area contributed by atoms with Gasteiger partial charge in [0, 0.05) is 20.1 Å². The highest BCUT2D eigenvalue weighted by Gasteiger charge is 2.35. The maximum Gasteiger partial charge on any atom is 0.326 e. The Hall–Kier alpha value is -1.79. The number of carbonyl (C=O) groups is 3. The van der Waals surface area contributed by atoms with Crippen molar-refractivity contribution in [3.8, 4) is 0 Å². The lowest BCUT2D eigenvalue weighted by atomic mass is 9.87. The average Bonchev–Trinajstić information content (AvgIpc) is 2.42. The average molecular weight is 299 g/mol.